The lowest BCUT2D eigenvalue weighted by molar-refractivity contribution is -0.156. The van der Waals surface area contributed by atoms with Gasteiger partial charge in [-0.15, -0.1) is 0 Å². The molecule has 30 heavy (non-hydrogen) atoms. The van der Waals surface area contributed by atoms with E-state index in [1.54, 1.807) is 4.90 Å². The smallest absolute Gasteiger partial charge is 0.309 e. The average Bonchev–Trinajstić information content (AvgIpc) is 2.75. The molecule has 0 unspecified atom stereocenters. The number of nitrogens with zero attached hydrogens (tertiary/aromatic N) is 2. The molecule has 1 saturated heterocycles. The Kier molecular flexibility index (Phi) is 8.76. The Hall–Kier alpha value is -2.97. The summed E-state index contributed by atoms with van der Waals surface area (Å²) in [5, 5.41) is 2.67. The minimum Gasteiger partial charge on any atom is -0.455 e. The molecule has 1 fully saturated rings. The first-order valence-corrected chi connectivity index (χ1v) is 10.0. The molecule has 8 nitrogen and oxygen atoms in total. The lowest BCUT2D eigenvalue weighted by Crippen LogP contribution is -2.42. The van der Waals surface area contributed by atoms with E-state index in [1.807, 2.05) is 6.92 Å². The zero-order chi connectivity index (χ0) is 22.1. The monoisotopic (exact) mass is 421 g/mol. The second-order valence-corrected chi connectivity index (χ2v) is 7.28. The number of ether oxygens (including phenoxy) is 1. The molecule has 0 aliphatic carbocycles. The summed E-state index contributed by atoms with van der Waals surface area (Å²) in [5.41, 5.74) is 0.397. The Bertz CT molecular complexity index is 760. The van der Waals surface area contributed by atoms with E-state index in [9.17, 15) is 23.6 Å². The molecule has 1 aromatic rings. The predicted molar refractivity (Wildman–Crippen MR) is 107 cm³/mol. The van der Waals surface area contributed by atoms with Crippen LogP contribution in [0.3, 0.4) is 0 Å². The summed E-state index contributed by atoms with van der Waals surface area (Å²) in [7, 11) is 1.47. The molecule has 1 heterocycles. The van der Waals surface area contributed by atoms with Gasteiger partial charge in [0.25, 0.3) is 11.8 Å². The molecule has 1 aliphatic heterocycles. The number of amides is 3. The first-order valence-electron chi connectivity index (χ1n) is 10.0. The van der Waals surface area contributed by atoms with E-state index >= 15 is 0 Å². The fourth-order valence-corrected chi connectivity index (χ4v) is 3.08. The van der Waals surface area contributed by atoms with Crippen molar-refractivity contribution in [2.24, 2.45) is 5.92 Å². The van der Waals surface area contributed by atoms with Gasteiger partial charge in [0.1, 0.15) is 5.82 Å². The van der Waals surface area contributed by atoms with Crippen molar-refractivity contribution in [1.82, 2.24) is 15.1 Å². The number of rotatable bonds is 8. The van der Waals surface area contributed by atoms with E-state index < -0.39 is 30.2 Å². The Balaban J connectivity index is 1.73. The fourth-order valence-electron chi connectivity index (χ4n) is 3.08. The second-order valence-electron chi connectivity index (χ2n) is 7.28. The van der Waals surface area contributed by atoms with Gasteiger partial charge >= 0.3 is 5.97 Å². The number of halogens is 1. The summed E-state index contributed by atoms with van der Waals surface area (Å²) in [5.74, 6) is -2.22. The number of esters is 1. The van der Waals surface area contributed by atoms with Crippen LogP contribution in [0.5, 0.6) is 0 Å². The van der Waals surface area contributed by atoms with Gasteiger partial charge in [-0.05, 0) is 43.5 Å². The molecular weight excluding hydrogens is 393 g/mol. The molecular formula is C21H28FN3O5. The number of piperidine rings is 1. The molecule has 1 aliphatic rings. The average molecular weight is 421 g/mol. The second kappa shape index (κ2) is 11.3. The minimum atomic E-state index is -0.485. The number of likely N-dealkylation sites (N-methyl/N-ethyl adjacent to an activating group) is 1. The van der Waals surface area contributed by atoms with Gasteiger partial charge in [-0.1, -0.05) is 6.92 Å². The van der Waals surface area contributed by atoms with E-state index in [4.69, 9.17) is 4.74 Å². The molecule has 2 rings (SSSR count). The quantitative estimate of drug-likeness (QED) is 0.637. The van der Waals surface area contributed by atoms with Crippen LogP contribution in [-0.2, 0) is 19.1 Å². The number of hydrogen-bond donors (Lipinski definition) is 1. The van der Waals surface area contributed by atoms with Crippen LogP contribution in [-0.4, -0.2) is 73.3 Å². The Morgan fingerprint density at radius 3 is 2.40 bits per heavy atom. The summed E-state index contributed by atoms with van der Waals surface area (Å²) in [6, 6.07) is 5.34. The predicted octanol–water partition coefficient (Wildman–Crippen LogP) is 1.21. The van der Waals surface area contributed by atoms with Crippen LogP contribution >= 0.6 is 0 Å². The summed E-state index contributed by atoms with van der Waals surface area (Å²) < 4.78 is 18.1. The Morgan fingerprint density at radius 1 is 1.17 bits per heavy atom. The third-order valence-corrected chi connectivity index (χ3v) is 4.92. The van der Waals surface area contributed by atoms with Crippen molar-refractivity contribution in [3.8, 4) is 0 Å². The van der Waals surface area contributed by atoms with Gasteiger partial charge in [-0.2, -0.15) is 0 Å². The van der Waals surface area contributed by atoms with Crippen molar-refractivity contribution < 1.29 is 28.3 Å². The third kappa shape index (κ3) is 6.82. The van der Waals surface area contributed by atoms with Crippen LogP contribution in [0.15, 0.2) is 24.3 Å². The molecule has 0 saturated carbocycles. The zero-order valence-corrected chi connectivity index (χ0v) is 17.4. The van der Waals surface area contributed by atoms with Gasteiger partial charge < -0.3 is 19.9 Å². The van der Waals surface area contributed by atoms with Crippen molar-refractivity contribution in [3.05, 3.63) is 35.6 Å². The number of carbonyl (C=O) groups is 4. The minimum absolute atomic E-state index is 0.0970. The van der Waals surface area contributed by atoms with Crippen molar-refractivity contribution in [2.45, 2.75) is 26.2 Å². The van der Waals surface area contributed by atoms with Gasteiger partial charge in [0, 0.05) is 32.2 Å². The molecule has 0 atom stereocenters. The van der Waals surface area contributed by atoms with Crippen LogP contribution in [0.4, 0.5) is 4.39 Å². The zero-order valence-electron chi connectivity index (χ0n) is 17.4. The van der Waals surface area contributed by atoms with Crippen LogP contribution < -0.4 is 5.32 Å². The molecule has 164 valence electrons. The fraction of sp³-hybridized carbons (Fsp3) is 0.524. The summed E-state index contributed by atoms with van der Waals surface area (Å²) in [6.07, 6.45) is 1.65. The molecule has 9 heteroatoms. The molecule has 1 aromatic carbocycles. The topological polar surface area (TPSA) is 96.0 Å². The van der Waals surface area contributed by atoms with Crippen LogP contribution in [0.2, 0.25) is 0 Å². The number of benzene rings is 1. The highest BCUT2D eigenvalue weighted by Gasteiger charge is 2.29. The van der Waals surface area contributed by atoms with E-state index in [2.05, 4.69) is 5.32 Å². The highest BCUT2D eigenvalue weighted by atomic mass is 19.1. The molecule has 0 spiro atoms. The highest BCUT2D eigenvalue weighted by molar-refractivity contribution is 5.94. The van der Waals surface area contributed by atoms with E-state index in [0.717, 1.165) is 6.42 Å². The van der Waals surface area contributed by atoms with Gasteiger partial charge in [-0.25, -0.2) is 4.39 Å². The van der Waals surface area contributed by atoms with Gasteiger partial charge in [0.2, 0.25) is 5.91 Å². The maximum absolute atomic E-state index is 13.0. The number of nitrogens with one attached hydrogen (secondary N) is 1. The van der Waals surface area contributed by atoms with Crippen LogP contribution in [0, 0.1) is 11.7 Å². The maximum Gasteiger partial charge on any atom is 0.309 e. The molecule has 0 aromatic heterocycles. The van der Waals surface area contributed by atoms with Gasteiger partial charge in [-0.3, -0.25) is 19.2 Å². The van der Waals surface area contributed by atoms with E-state index in [-0.39, 0.29) is 18.4 Å². The third-order valence-electron chi connectivity index (χ3n) is 4.92. The van der Waals surface area contributed by atoms with E-state index in [0.29, 0.717) is 38.0 Å². The number of carbonyl (C=O) groups excluding carboxylic acids is 4. The number of hydrogen-bond acceptors (Lipinski definition) is 5. The Labute approximate surface area is 175 Å². The van der Waals surface area contributed by atoms with E-state index in [1.165, 1.54) is 36.2 Å². The maximum atomic E-state index is 13.0. The van der Waals surface area contributed by atoms with Crippen molar-refractivity contribution >= 4 is 23.7 Å². The van der Waals surface area contributed by atoms with Crippen molar-refractivity contribution in [2.75, 3.05) is 39.8 Å². The summed E-state index contributed by atoms with van der Waals surface area (Å²) >= 11 is 0. The van der Waals surface area contributed by atoms with Crippen molar-refractivity contribution in [1.29, 1.82) is 0 Å². The number of likely N-dealkylation sites (tertiary alicyclic amines) is 1. The first-order chi connectivity index (χ1) is 14.3. The van der Waals surface area contributed by atoms with Crippen LogP contribution in [0.25, 0.3) is 0 Å². The highest BCUT2D eigenvalue weighted by Crippen LogP contribution is 2.20. The normalized spacial score (nSPS) is 14.2. The molecule has 0 radical (unpaired) electrons. The molecule has 1 N–H and O–H groups in total. The lowest BCUT2D eigenvalue weighted by atomic mass is 9.96. The summed E-state index contributed by atoms with van der Waals surface area (Å²) in [6.45, 7) is 2.70. The van der Waals surface area contributed by atoms with Crippen molar-refractivity contribution in [3.63, 3.8) is 0 Å². The van der Waals surface area contributed by atoms with Crippen LogP contribution in [0.1, 0.15) is 36.5 Å². The largest absolute Gasteiger partial charge is 0.455 e. The Morgan fingerprint density at radius 2 is 1.80 bits per heavy atom. The standard InChI is InChI=1S/C21H28FN3O5/c1-3-10-23-18(26)13-24(2)19(27)14-30-21(29)16-8-11-25(12-9-16)20(28)15-4-6-17(22)7-5-15/h4-7,16H,3,8-14H2,1-2H3,(H,23,26). The van der Waals surface area contributed by atoms with Gasteiger partial charge in [0.05, 0.1) is 12.5 Å². The molecule has 3 amide bonds. The first kappa shape index (κ1) is 23.3. The molecule has 0 bridgehead atoms. The summed E-state index contributed by atoms with van der Waals surface area (Å²) in [4.78, 5) is 51.2. The van der Waals surface area contributed by atoms with Gasteiger partial charge in [0.15, 0.2) is 6.61 Å². The SMILES string of the molecule is CCCNC(=O)CN(C)C(=O)COC(=O)C1CCN(C(=O)c2ccc(F)cc2)CC1. The lowest BCUT2D eigenvalue weighted by Gasteiger charge is -2.31.